The van der Waals surface area contributed by atoms with Crippen molar-refractivity contribution in [1.29, 1.82) is 0 Å². The van der Waals surface area contributed by atoms with Crippen molar-refractivity contribution in [2.75, 3.05) is 11.9 Å². The van der Waals surface area contributed by atoms with Gasteiger partial charge in [-0.25, -0.2) is 0 Å². The third-order valence-corrected chi connectivity index (χ3v) is 4.89. The molecule has 0 aliphatic rings. The predicted molar refractivity (Wildman–Crippen MR) is 118 cm³/mol. The van der Waals surface area contributed by atoms with E-state index in [0.29, 0.717) is 27.8 Å². The van der Waals surface area contributed by atoms with Crippen LogP contribution in [0.15, 0.2) is 94.0 Å². The van der Waals surface area contributed by atoms with E-state index in [2.05, 4.69) is 5.32 Å². The van der Waals surface area contributed by atoms with Gasteiger partial charge in [-0.1, -0.05) is 41.9 Å². The van der Waals surface area contributed by atoms with E-state index in [4.69, 9.17) is 20.4 Å². The summed E-state index contributed by atoms with van der Waals surface area (Å²) in [4.78, 5) is 27.1. The number of halogens is 1. The van der Waals surface area contributed by atoms with Crippen molar-refractivity contribution in [1.82, 2.24) is 4.90 Å². The first kappa shape index (κ1) is 20.5. The quantitative estimate of drug-likeness (QED) is 0.418. The first-order chi connectivity index (χ1) is 15.1. The molecule has 31 heavy (non-hydrogen) atoms. The average Bonchev–Trinajstić information content (AvgIpc) is 3.46. The Kier molecular flexibility index (Phi) is 6.19. The third kappa shape index (κ3) is 5.05. The summed E-state index contributed by atoms with van der Waals surface area (Å²) in [6.07, 6.45) is 1.52. The molecule has 0 aliphatic heterocycles. The fourth-order valence-electron chi connectivity index (χ4n) is 3.10. The molecule has 156 valence electrons. The van der Waals surface area contributed by atoms with Gasteiger partial charge in [-0.2, -0.15) is 0 Å². The Labute approximate surface area is 184 Å². The van der Waals surface area contributed by atoms with Crippen molar-refractivity contribution in [3.63, 3.8) is 0 Å². The third-order valence-electron chi connectivity index (χ3n) is 4.56. The van der Waals surface area contributed by atoms with Gasteiger partial charge >= 0.3 is 0 Å². The highest BCUT2D eigenvalue weighted by Crippen LogP contribution is 2.29. The molecule has 0 unspecified atom stereocenters. The number of nitrogens with zero attached hydrogens (tertiary/aromatic N) is 1. The van der Waals surface area contributed by atoms with Gasteiger partial charge in [-0.3, -0.25) is 9.59 Å². The molecule has 0 bridgehead atoms. The summed E-state index contributed by atoms with van der Waals surface area (Å²) in [5.74, 6) is 0.371. The summed E-state index contributed by atoms with van der Waals surface area (Å²) in [6, 6.07) is 23.0. The molecule has 1 N–H and O–H groups in total. The number of furan rings is 2. The van der Waals surface area contributed by atoms with Crippen LogP contribution in [0.25, 0.3) is 11.3 Å². The summed E-state index contributed by atoms with van der Waals surface area (Å²) in [5.41, 5.74) is 1.33. The maximum Gasteiger partial charge on any atom is 0.290 e. The second-order valence-electron chi connectivity index (χ2n) is 6.80. The van der Waals surface area contributed by atoms with E-state index in [9.17, 15) is 9.59 Å². The molecule has 0 spiro atoms. The van der Waals surface area contributed by atoms with Crippen LogP contribution in [0.1, 0.15) is 16.3 Å². The molecule has 2 aromatic carbocycles. The SMILES string of the molecule is O=C(CN(Cc1ccco1)C(=O)c1ccc(-c2ccccc2Cl)o1)Nc1ccccc1. The second kappa shape index (κ2) is 9.36. The molecule has 4 aromatic rings. The van der Waals surface area contributed by atoms with Crippen LogP contribution < -0.4 is 5.32 Å². The number of hydrogen-bond donors (Lipinski definition) is 1. The Morgan fingerprint density at radius 1 is 0.903 bits per heavy atom. The van der Waals surface area contributed by atoms with Gasteiger partial charge in [0.25, 0.3) is 5.91 Å². The van der Waals surface area contributed by atoms with E-state index in [-0.39, 0.29) is 24.8 Å². The highest BCUT2D eigenvalue weighted by Gasteiger charge is 2.24. The molecular formula is C24H19ClN2O4. The van der Waals surface area contributed by atoms with E-state index in [0.717, 1.165) is 0 Å². The zero-order chi connectivity index (χ0) is 21.6. The molecule has 0 radical (unpaired) electrons. The smallest absolute Gasteiger partial charge is 0.290 e. The maximum absolute atomic E-state index is 13.2. The molecule has 0 saturated carbocycles. The highest BCUT2D eigenvalue weighted by molar-refractivity contribution is 6.33. The minimum absolute atomic E-state index is 0.106. The van der Waals surface area contributed by atoms with Gasteiger partial charge in [0.2, 0.25) is 5.91 Å². The Morgan fingerprint density at radius 2 is 1.68 bits per heavy atom. The van der Waals surface area contributed by atoms with Gasteiger partial charge in [0.05, 0.1) is 17.8 Å². The van der Waals surface area contributed by atoms with E-state index < -0.39 is 5.91 Å². The molecule has 0 fully saturated rings. The first-order valence-corrected chi connectivity index (χ1v) is 9.99. The number of nitrogens with one attached hydrogen (secondary N) is 1. The molecule has 0 aliphatic carbocycles. The van der Waals surface area contributed by atoms with Gasteiger partial charge in [-0.15, -0.1) is 0 Å². The van der Waals surface area contributed by atoms with Crippen molar-refractivity contribution < 1.29 is 18.4 Å². The molecule has 2 heterocycles. The second-order valence-corrected chi connectivity index (χ2v) is 7.21. The van der Waals surface area contributed by atoms with Gasteiger partial charge in [0, 0.05) is 11.3 Å². The molecule has 0 saturated heterocycles. The summed E-state index contributed by atoms with van der Waals surface area (Å²) in [5, 5.41) is 3.30. The zero-order valence-corrected chi connectivity index (χ0v) is 17.2. The van der Waals surface area contributed by atoms with Crippen LogP contribution in [-0.2, 0) is 11.3 Å². The van der Waals surface area contributed by atoms with Crippen molar-refractivity contribution >= 4 is 29.1 Å². The van der Waals surface area contributed by atoms with Crippen LogP contribution >= 0.6 is 11.6 Å². The van der Waals surface area contributed by atoms with Gasteiger partial charge < -0.3 is 19.1 Å². The lowest BCUT2D eigenvalue weighted by molar-refractivity contribution is -0.117. The summed E-state index contributed by atoms with van der Waals surface area (Å²) >= 11 is 6.23. The molecule has 6 nitrogen and oxygen atoms in total. The number of carbonyl (C=O) groups excluding carboxylic acids is 2. The van der Waals surface area contributed by atoms with Crippen molar-refractivity contribution in [2.24, 2.45) is 0 Å². The lowest BCUT2D eigenvalue weighted by Crippen LogP contribution is -2.37. The summed E-state index contributed by atoms with van der Waals surface area (Å²) < 4.78 is 11.1. The minimum atomic E-state index is -0.432. The summed E-state index contributed by atoms with van der Waals surface area (Å²) in [7, 11) is 0. The Bertz CT molecular complexity index is 1170. The first-order valence-electron chi connectivity index (χ1n) is 9.61. The van der Waals surface area contributed by atoms with Crippen LogP contribution in [0.3, 0.4) is 0 Å². The average molecular weight is 435 g/mol. The maximum atomic E-state index is 13.2. The van der Waals surface area contributed by atoms with Crippen molar-refractivity contribution in [3.05, 3.63) is 102 Å². The lowest BCUT2D eigenvalue weighted by Gasteiger charge is -2.20. The predicted octanol–water partition coefficient (Wildman–Crippen LogP) is 5.47. The fraction of sp³-hybridized carbons (Fsp3) is 0.0833. The highest BCUT2D eigenvalue weighted by atomic mass is 35.5. The standard InChI is InChI=1S/C24H19ClN2O4/c25-20-11-5-4-10-19(20)21-12-13-22(31-21)24(29)27(15-18-9-6-14-30-18)16-23(28)26-17-7-2-1-3-8-17/h1-14H,15-16H2,(H,26,28). The van der Waals surface area contributed by atoms with Crippen molar-refractivity contribution in [2.45, 2.75) is 6.54 Å². The normalized spacial score (nSPS) is 10.6. The summed E-state index contributed by atoms with van der Waals surface area (Å²) in [6.45, 7) is -0.0489. The molecule has 2 amide bonds. The number of rotatable bonds is 7. The fourth-order valence-corrected chi connectivity index (χ4v) is 3.33. The van der Waals surface area contributed by atoms with Crippen LogP contribution in [0.4, 0.5) is 5.69 Å². The van der Waals surface area contributed by atoms with E-state index in [1.54, 1.807) is 42.5 Å². The van der Waals surface area contributed by atoms with Gasteiger partial charge in [0.15, 0.2) is 5.76 Å². The van der Waals surface area contributed by atoms with E-state index in [1.165, 1.54) is 11.2 Å². The number of amides is 2. The Morgan fingerprint density at radius 3 is 2.42 bits per heavy atom. The monoisotopic (exact) mass is 434 g/mol. The molecular weight excluding hydrogens is 416 g/mol. The number of anilines is 1. The molecule has 4 rings (SSSR count). The Hall–Kier alpha value is -3.77. The molecule has 7 heteroatoms. The van der Waals surface area contributed by atoms with E-state index >= 15 is 0 Å². The van der Waals surface area contributed by atoms with Crippen LogP contribution in [0.5, 0.6) is 0 Å². The topological polar surface area (TPSA) is 75.7 Å². The molecule has 2 aromatic heterocycles. The molecule has 0 atom stereocenters. The van der Waals surface area contributed by atoms with Gasteiger partial charge in [-0.05, 0) is 48.5 Å². The van der Waals surface area contributed by atoms with Gasteiger partial charge in [0.1, 0.15) is 18.1 Å². The van der Waals surface area contributed by atoms with Crippen molar-refractivity contribution in [3.8, 4) is 11.3 Å². The lowest BCUT2D eigenvalue weighted by atomic mass is 10.2. The van der Waals surface area contributed by atoms with E-state index in [1.807, 2.05) is 36.4 Å². The zero-order valence-electron chi connectivity index (χ0n) is 16.5. The Balaban J connectivity index is 1.54. The van der Waals surface area contributed by atoms with Crippen LogP contribution in [-0.4, -0.2) is 23.3 Å². The van der Waals surface area contributed by atoms with Crippen LogP contribution in [0, 0.1) is 0 Å². The van der Waals surface area contributed by atoms with Crippen LogP contribution in [0.2, 0.25) is 5.02 Å². The number of carbonyl (C=O) groups is 2. The number of benzene rings is 2. The minimum Gasteiger partial charge on any atom is -0.467 e. The number of para-hydroxylation sites is 1. The number of hydrogen-bond acceptors (Lipinski definition) is 4. The largest absolute Gasteiger partial charge is 0.467 e.